The Kier molecular flexibility index (Phi) is 1.79. The first-order valence-corrected chi connectivity index (χ1v) is 5.84. The van der Waals surface area contributed by atoms with Gasteiger partial charge in [0, 0.05) is 23.7 Å². The van der Waals surface area contributed by atoms with E-state index < -0.39 is 11.7 Å². The number of Topliss-reactive ketones (excluding diaryl/α,β-unsaturated/α-hetero) is 1. The first kappa shape index (κ1) is 10.1. The monoisotopic (exact) mass is 250 g/mol. The van der Waals surface area contributed by atoms with E-state index in [-0.39, 0.29) is 0 Å². The van der Waals surface area contributed by atoms with E-state index in [0.717, 1.165) is 0 Å². The molecule has 5 nitrogen and oxygen atoms in total. The van der Waals surface area contributed by atoms with Crippen LogP contribution < -0.4 is 4.57 Å². The second kappa shape index (κ2) is 3.35. The van der Waals surface area contributed by atoms with Crippen molar-refractivity contribution in [2.45, 2.75) is 0 Å². The maximum absolute atomic E-state index is 12.2. The molecule has 0 atom stereocenters. The quantitative estimate of drug-likeness (QED) is 0.484. The standard InChI is InChI=1S/C14H7N3O2/c18-12-10-8-4-3-6-15-13(8)16-11(10)9-5-1-2-7-17(9)14(12)19/h1-7H/p+1. The van der Waals surface area contributed by atoms with Crippen LogP contribution in [0.4, 0.5) is 0 Å². The molecule has 0 spiro atoms. The first-order valence-electron chi connectivity index (χ1n) is 5.84. The van der Waals surface area contributed by atoms with E-state index >= 15 is 0 Å². The van der Waals surface area contributed by atoms with Crippen LogP contribution in [0.3, 0.4) is 0 Å². The zero-order valence-corrected chi connectivity index (χ0v) is 9.75. The zero-order chi connectivity index (χ0) is 13.0. The maximum atomic E-state index is 12.2. The van der Waals surface area contributed by atoms with Gasteiger partial charge in [0.1, 0.15) is 11.3 Å². The Morgan fingerprint density at radius 3 is 2.89 bits per heavy atom. The van der Waals surface area contributed by atoms with Gasteiger partial charge in [-0.15, -0.1) is 4.57 Å². The van der Waals surface area contributed by atoms with Gasteiger partial charge in [0.25, 0.3) is 0 Å². The largest absolute Gasteiger partial charge is 0.466 e. The van der Waals surface area contributed by atoms with E-state index in [1.165, 1.54) is 4.57 Å². The van der Waals surface area contributed by atoms with Crippen LogP contribution in [0, 0.1) is 0 Å². The van der Waals surface area contributed by atoms with Crippen molar-refractivity contribution in [2.24, 2.45) is 0 Å². The summed E-state index contributed by atoms with van der Waals surface area (Å²) in [7, 11) is 0. The summed E-state index contributed by atoms with van der Waals surface area (Å²) in [6.07, 6.45) is 3.24. The molecule has 0 radical (unpaired) electrons. The lowest BCUT2D eigenvalue weighted by Gasteiger charge is -2.07. The summed E-state index contributed by atoms with van der Waals surface area (Å²) in [5.74, 6) is -1.04. The van der Waals surface area contributed by atoms with Crippen LogP contribution in [-0.4, -0.2) is 21.7 Å². The highest BCUT2D eigenvalue weighted by Gasteiger charge is 2.40. The SMILES string of the molecule is O=C1C(=O)[n+]2ccccc2-c2[nH]c3ncccc3c21. The van der Waals surface area contributed by atoms with Crippen LogP contribution in [0.25, 0.3) is 22.4 Å². The summed E-state index contributed by atoms with van der Waals surface area (Å²) in [4.78, 5) is 31.6. The van der Waals surface area contributed by atoms with Crippen molar-refractivity contribution in [3.05, 3.63) is 48.3 Å². The molecule has 19 heavy (non-hydrogen) atoms. The predicted octanol–water partition coefficient (Wildman–Crippen LogP) is 1.35. The van der Waals surface area contributed by atoms with Crippen molar-refractivity contribution in [1.29, 1.82) is 0 Å². The first-order chi connectivity index (χ1) is 9.27. The number of ketones is 1. The van der Waals surface area contributed by atoms with Crippen molar-refractivity contribution in [2.75, 3.05) is 0 Å². The Hall–Kier alpha value is -2.82. The van der Waals surface area contributed by atoms with Gasteiger partial charge in [0.15, 0.2) is 6.20 Å². The minimum absolute atomic E-state index is 0.416. The number of pyridine rings is 2. The highest BCUT2D eigenvalue weighted by molar-refractivity contribution is 6.44. The van der Waals surface area contributed by atoms with E-state index in [2.05, 4.69) is 9.97 Å². The second-order valence-corrected chi connectivity index (χ2v) is 4.36. The third kappa shape index (κ3) is 1.18. The molecule has 4 heterocycles. The summed E-state index contributed by atoms with van der Waals surface area (Å²) >= 11 is 0. The molecule has 0 saturated heterocycles. The van der Waals surface area contributed by atoms with Gasteiger partial charge in [-0.1, -0.05) is 0 Å². The molecule has 3 aromatic rings. The van der Waals surface area contributed by atoms with Gasteiger partial charge < -0.3 is 4.98 Å². The Morgan fingerprint density at radius 2 is 2.00 bits per heavy atom. The lowest BCUT2D eigenvalue weighted by Crippen LogP contribution is -2.51. The number of aromatic amines is 1. The third-order valence-corrected chi connectivity index (χ3v) is 3.33. The van der Waals surface area contributed by atoms with Crippen molar-refractivity contribution in [3.63, 3.8) is 0 Å². The number of hydrogen-bond acceptors (Lipinski definition) is 3. The molecule has 0 fully saturated rings. The van der Waals surface area contributed by atoms with Crippen molar-refractivity contribution in [3.8, 4) is 11.4 Å². The summed E-state index contributed by atoms with van der Waals surface area (Å²) in [6, 6.07) is 8.90. The molecular weight excluding hydrogens is 242 g/mol. The summed E-state index contributed by atoms with van der Waals surface area (Å²) in [5, 5.41) is 0.686. The molecule has 4 rings (SSSR count). The summed E-state index contributed by atoms with van der Waals surface area (Å²) in [5.41, 5.74) is 2.37. The second-order valence-electron chi connectivity index (χ2n) is 4.36. The average molecular weight is 250 g/mol. The number of carbonyl (C=O) groups excluding carboxylic acids is 2. The lowest BCUT2D eigenvalue weighted by molar-refractivity contribution is -0.557. The van der Waals surface area contributed by atoms with E-state index in [4.69, 9.17) is 0 Å². The molecule has 0 unspecified atom stereocenters. The van der Waals surface area contributed by atoms with Gasteiger partial charge >= 0.3 is 11.7 Å². The van der Waals surface area contributed by atoms with Crippen molar-refractivity contribution >= 4 is 22.7 Å². The summed E-state index contributed by atoms with van der Waals surface area (Å²) < 4.78 is 1.36. The molecular formula is C14H8N3O2+. The van der Waals surface area contributed by atoms with Gasteiger partial charge in [0.2, 0.25) is 5.69 Å². The number of nitrogens with zero attached hydrogens (tertiary/aromatic N) is 2. The molecule has 0 amide bonds. The van der Waals surface area contributed by atoms with E-state index in [1.54, 1.807) is 36.7 Å². The fraction of sp³-hybridized carbons (Fsp3) is 0. The average Bonchev–Trinajstić information content (AvgIpc) is 2.84. The smallest absolute Gasteiger partial charge is 0.334 e. The molecule has 90 valence electrons. The highest BCUT2D eigenvalue weighted by Crippen LogP contribution is 2.30. The van der Waals surface area contributed by atoms with Crippen LogP contribution in [0.5, 0.6) is 0 Å². The number of aromatic nitrogens is 3. The molecule has 0 aromatic carbocycles. The minimum Gasteiger partial charge on any atom is -0.334 e. The van der Waals surface area contributed by atoms with E-state index in [1.807, 2.05) is 6.07 Å². The minimum atomic E-state index is -0.534. The molecule has 0 saturated carbocycles. The Labute approximate surface area is 107 Å². The normalized spacial score (nSPS) is 13.5. The van der Waals surface area contributed by atoms with Crippen molar-refractivity contribution in [1.82, 2.24) is 9.97 Å². The lowest BCUT2D eigenvalue weighted by atomic mass is 10.0. The molecule has 0 bridgehead atoms. The Bertz CT molecular complexity index is 864. The van der Waals surface area contributed by atoms with E-state index in [0.29, 0.717) is 28.0 Å². The van der Waals surface area contributed by atoms with Crippen molar-refractivity contribution < 1.29 is 14.2 Å². The molecule has 1 aliphatic heterocycles. The van der Waals surface area contributed by atoms with Crippen LogP contribution >= 0.6 is 0 Å². The number of H-pyrrole nitrogens is 1. The van der Waals surface area contributed by atoms with E-state index in [9.17, 15) is 9.59 Å². The molecule has 5 heteroatoms. The van der Waals surface area contributed by atoms with Crippen LogP contribution in [0.15, 0.2) is 42.7 Å². The topological polar surface area (TPSA) is 66.7 Å². The van der Waals surface area contributed by atoms with Gasteiger partial charge in [-0.05, 0) is 18.2 Å². The molecule has 1 N–H and O–H groups in total. The number of nitrogens with one attached hydrogen (secondary N) is 1. The zero-order valence-electron chi connectivity index (χ0n) is 9.75. The number of fused-ring (bicyclic) bond motifs is 5. The number of hydrogen-bond donors (Lipinski definition) is 1. The maximum Gasteiger partial charge on any atom is 0.466 e. The Morgan fingerprint density at radius 1 is 1.11 bits per heavy atom. The van der Waals surface area contributed by atoms with Gasteiger partial charge in [-0.2, -0.15) is 0 Å². The predicted molar refractivity (Wildman–Crippen MR) is 66.7 cm³/mol. The fourth-order valence-corrected chi connectivity index (χ4v) is 2.49. The molecule has 0 aliphatic carbocycles. The summed E-state index contributed by atoms with van der Waals surface area (Å²) in [6.45, 7) is 0. The van der Waals surface area contributed by atoms with Gasteiger partial charge in [-0.25, -0.2) is 9.78 Å². The van der Waals surface area contributed by atoms with Crippen LogP contribution in [0.1, 0.15) is 15.2 Å². The van der Waals surface area contributed by atoms with Crippen LogP contribution in [-0.2, 0) is 0 Å². The number of carbonyl (C=O) groups is 2. The van der Waals surface area contributed by atoms with Gasteiger partial charge in [0.05, 0.1) is 5.56 Å². The molecule has 3 aromatic heterocycles. The molecule has 1 aliphatic rings. The highest BCUT2D eigenvalue weighted by atomic mass is 16.2. The van der Waals surface area contributed by atoms with Crippen LogP contribution in [0.2, 0.25) is 0 Å². The third-order valence-electron chi connectivity index (χ3n) is 3.33. The Balaban J connectivity index is 2.20. The number of rotatable bonds is 0. The fourth-order valence-electron chi connectivity index (χ4n) is 2.49. The van der Waals surface area contributed by atoms with Gasteiger partial charge in [-0.3, -0.25) is 4.79 Å².